The Morgan fingerprint density at radius 1 is 1.30 bits per heavy atom. The number of nitro groups is 1. The van der Waals surface area contributed by atoms with Gasteiger partial charge in [0.15, 0.2) is 5.16 Å². The topological polar surface area (TPSA) is 121 Å². The van der Waals surface area contributed by atoms with Gasteiger partial charge in [-0.25, -0.2) is 4.98 Å². The molecule has 8 nitrogen and oxygen atoms in total. The molecular formula is C20H19ClN4O4S. The molecule has 10 heteroatoms. The van der Waals surface area contributed by atoms with Gasteiger partial charge in [0.25, 0.3) is 11.2 Å². The lowest BCUT2D eigenvalue weighted by molar-refractivity contribution is -0.385. The number of amides is 1. The minimum Gasteiger partial charge on any atom is -0.366 e. The Hall–Kier alpha value is -2.91. The van der Waals surface area contributed by atoms with E-state index in [1.807, 2.05) is 13.8 Å². The Balaban J connectivity index is 2.03. The van der Waals surface area contributed by atoms with E-state index >= 15 is 0 Å². The average Bonchev–Trinajstić information content (AvgIpc) is 2.68. The number of primary amides is 1. The number of benzene rings is 2. The lowest BCUT2D eigenvalue weighted by Gasteiger charge is -2.15. The van der Waals surface area contributed by atoms with Crippen molar-refractivity contribution in [3.8, 4) is 0 Å². The van der Waals surface area contributed by atoms with Gasteiger partial charge in [-0.1, -0.05) is 43.3 Å². The molecule has 2 aromatic carbocycles. The van der Waals surface area contributed by atoms with E-state index in [-0.39, 0.29) is 28.5 Å². The van der Waals surface area contributed by atoms with Crippen molar-refractivity contribution in [2.24, 2.45) is 11.7 Å². The van der Waals surface area contributed by atoms with Gasteiger partial charge in [-0.15, -0.1) is 0 Å². The van der Waals surface area contributed by atoms with Gasteiger partial charge < -0.3 is 5.73 Å². The summed E-state index contributed by atoms with van der Waals surface area (Å²) in [6.07, 6.45) is 0. The molecule has 1 amide bonds. The second kappa shape index (κ2) is 8.85. The molecule has 0 fully saturated rings. The summed E-state index contributed by atoms with van der Waals surface area (Å²) >= 11 is 7.25. The highest BCUT2D eigenvalue weighted by Gasteiger charge is 2.19. The summed E-state index contributed by atoms with van der Waals surface area (Å²) in [7, 11) is 0. The molecule has 0 saturated heterocycles. The van der Waals surface area contributed by atoms with Gasteiger partial charge in [0.2, 0.25) is 5.91 Å². The van der Waals surface area contributed by atoms with Crippen molar-refractivity contribution in [3.05, 3.63) is 73.0 Å². The normalized spacial score (nSPS) is 11.2. The minimum absolute atomic E-state index is 0.0628. The highest BCUT2D eigenvalue weighted by Crippen LogP contribution is 2.29. The van der Waals surface area contributed by atoms with Crippen LogP contribution in [0.3, 0.4) is 0 Å². The number of nitrogens with two attached hydrogens (primary N) is 1. The zero-order valence-electron chi connectivity index (χ0n) is 16.3. The van der Waals surface area contributed by atoms with E-state index in [9.17, 15) is 19.7 Å². The molecule has 1 heterocycles. The molecule has 0 bridgehead atoms. The summed E-state index contributed by atoms with van der Waals surface area (Å²) in [6.45, 7) is 4.41. The van der Waals surface area contributed by atoms with Crippen LogP contribution in [-0.2, 0) is 12.3 Å². The molecule has 0 atom stereocenters. The van der Waals surface area contributed by atoms with Gasteiger partial charge in [-0.05, 0) is 30.2 Å². The molecule has 156 valence electrons. The van der Waals surface area contributed by atoms with Crippen LogP contribution in [0.5, 0.6) is 0 Å². The lowest BCUT2D eigenvalue weighted by Crippen LogP contribution is -2.25. The highest BCUT2D eigenvalue weighted by atomic mass is 35.5. The van der Waals surface area contributed by atoms with Gasteiger partial charge in [0.05, 0.1) is 15.8 Å². The van der Waals surface area contributed by atoms with Gasteiger partial charge in [-0.3, -0.25) is 24.3 Å². The third kappa shape index (κ3) is 4.63. The third-order valence-corrected chi connectivity index (χ3v) is 5.61. The number of hydrogen-bond donors (Lipinski definition) is 1. The maximum atomic E-state index is 13.0. The van der Waals surface area contributed by atoms with Gasteiger partial charge in [-0.2, -0.15) is 0 Å². The molecule has 3 aromatic rings. The molecule has 0 aliphatic carbocycles. The van der Waals surface area contributed by atoms with Gasteiger partial charge in [0.1, 0.15) is 0 Å². The monoisotopic (exact) mass is 446 g/mol. The molecule has 2 N–H and O–H groups in total. The lowest BCUT2D eigenvalue weighted by atomic mass is 10.1. The summed E-state index contributed by atoms with van der Waals surface area (Å²) < 4.78 is 1.57. The molecule has 0 unspecified atom stereocenters. The Labute approximate surface area is 181 Å². The highest BCUT2D eigenvalue weighted by molar-refractivity contribution is 7.98. The van der Waals surface area contributed by atoms with Crippen LogP contribution in [-0.4, -0.2) is 20.4 Å². The molecule has 0 saturated carbocycles. The zero-order valence-corrected chi connectivity index (χ0v) is 17.9. The maximum Gasteiger partial charge on any atom is 0.274 e. The number of fused-ring (bicyclic) bond motifs is 1. The van der Waals surface area contributed by atoms with E-state index in [0.29, 0.717) is 33.2 Å². The summed E-state index contributed by atoms with van der Waals surface area (Å²) in [4.78, 5) is 39.8. The van der Waals surface area contributed by atoms with Crippen molar-refractivity contribution >= 4 is 45.9 Å². The molecule has 0 aliphatic heterocycles. The van der Waals surface area contributed by atoms with Crippen molar-refractivity contribution in [2.75, 3.05) is 0 Å². The van der Waals surface area contributed by atoms with E-state index in [1.54, 1.807) is 22.8 Å². The molecule has 3 rings (SSSR count). The van der Waals surface area contributed by atoms with Crippen LogP contribution in [0, 0.1) is 16.0 Å². The predicted molar refractivity (Wildman–Crippen MR) is 117 cm³/mol. The van der Waals surface area contributed by atoms with Crippen LogP contribution in [0.15, 0.2) is 46.3 Å². The van der Waals surface area contributed by atoms with E-state index in [2.05, 4.69) is 4.98 Å². The summed E-state index contributed by atoms with van der Waals surface area (Å²) in [5.41, 5.74) is 5.77. The van der Waals surface area contributed by atoms with Crippen molar-refractivity contribution in [2.45, 2.75) is 31.3 Å². The minimum atomic E-state index is -0.738. The van der Waals surface area contributed by atoms with Crippen LogP contribution in [0.1, 0.15) is 29.8 Å². The quantitative estimate of drug-likeness (QED) is 0.253. The molecular weight excluding hydrogens is 428 g/mol. The number of nitrogens with zero attached hydrogens (tertiary/aromatic N) is 3. The second-order valence-electron chi connectivity index (χ2n) is 7.12. The summed E-state index contributed by atoms with van der Waals surface area (Å²) in [5.74, 6) is -0.360. The maximum absolute atomic E-state index is 13.0. The van der Waals surface area contributed by atoms with E-state index in [4.69, 9.17) is 17.3 Å². The fourth-order valence-electron chi connectivity index (χ4n) is 2.96. The Morgan fingerprint density at radius 2 is 2.03 bits per heavy atom. The van der Waals surface area contributed by atoms with Crippen molar-refractivity contribution in [1.29, 1.82) is 0 Å². The first kappa shape index (κ1) is 21.8. The summed E-state index contributed by atoms with van der Waals surface area (Å²) in [5, 5.41) is 12.8. The van der Waals surface area contributed by atoms with Crippen LogP contribution in [0.2, 0.25) is 5.02 Å². The molecule has 1 aromatic heterocycles. The zero-order chi connectivity index (χ0) is 22.0. The SMILES string of the molecule is CC(C)Cn1c(SCc2ccc(C(N)=O)cc2[N+](=O)[O-])nc2ccc(Cl)cc2c1=O. The third-order valence-electron chi connectivity index (χ3n) is 4.35. The van der Waals surface area contributed by atoms with Gasteiger partial charge in [0, 0.05) is 34.5 Å². The average molecular weight is 447 g/mol. The molecule has 0 radical (unpaired) electrons. The molecule has 30 heavy (non-hydrogen) atoms. The van der Waals surface area contributed by atoms with Crippen molar-refractivity contribution in [1.82, 2.24) is 9.55 Å². The fraction of sp³-hybridized carbons (Fsp3) is 0.250. The standard InChI is InChI=1S/C20H19ClN4O4S/c1-11(2)9-24-19(27)15-8-14(21)5-6-16(15)23-20(24)30-10-13-4-3-12(18(22)26)7-17(13)25(28)29/h3-8,11H,9-10H2,1-2H3,(H2,22,26). The number of aromatic nitrogens is 2. The van der Waals surface area contributed by atoms with Crippen molar-refractivity contribution in [3.63, 3.8) is 0 Å². The van der Waals surface area contributed by atoms with Crippen LogP contribution >= 0.6 is 23.4 Å². The predicted octanol–water partition coefficient (Wildman–Crippen LogP) is 4.01. The summed E-state index contributed by atoms with van der Waals surface area (Å²) in [6, 6.07) is 9.03. The van der Waals surface area contributed by atoms with Crippen LogP contribution in [0.4, 0.5) is 5.69 Å². The number of carbonyl (C=O) groups is 1. The van der Waals surface area contributed by atoms with Gasteiger partial charge >= 0.3 is 0 Å². The van der Waals surface area contributed by atoms with Crippen LogP contribution in [0.25, 0.3) is 10.9 Å². The number of halogens is 1. The Kier molecular flexibility index (Phi) is 6.42. The molecule has 0 aliphatic rings. The first-order valence-corrected chi connectivity index (χ1v) is 10.4. The number of nitro benzene ring substituents is 1. The number of thioether (sulfide) groups is 1. The first-order chi connectivity index (χ1) is 14.2. The number of hydrogen-bond acceptors (Lipinski definition) is 6. The smallest absolute Gasteiger partial charge is 0.274 e. The number of rotatable bonds is 7. The molecule has 0 spiro atoms. The fourth-order valence-corrected chi connectivity index (χ4v) is 4.14. The Morgan fingerprint density at radius 3 is 2.67 bits per heavy atom. The van der Waals surface area contributed by atoms with E-state index in [1.165, 1.54) is 23.9 Å². The second-order valence-corrected chi connectivity index (χ2v) is 8.50. The van der Waals surface area contributed by atoms with Crippen molar-refractivity contribution < 1.29 is 9.72 Å². The Bertz CT molecular complexity index is 1210. The van der Waals surface area contributed by atoms with Crippen LogP contribution < -0.4 is 11.3 Å². The first-order valence-electron chi connectivity index (χ1n) is 9.07. The number of carbonyl (C=O) groups excluding carboxylic acids is 1. The van der Waals surface area contributed by atoms with E-state index in [0.717, 1.165) is 6.07 Å². The largest absolute Gasteiger partial charge is 0.366 e. The van der Waals surface area contributed by atoms with E-state index < -0.39 is 10.8 Å².